The zero-order chi connectivity index (χ0) is 27.3. The van der Waals surface area contributed by atoms with Crippen LogP contribution in [0.5, 0.6) is 11.5 Å². The average Bonchev–Trinajstić information content (AvgIpc) is 2.94. The fraction of sp³-hybridized carbons (Fsp3) is 0.188. The van der Waals surface area contributed by atoms with E-state index in [1.54, 1.807) is 24.3 Å². The highest BCUT2D eigenvalue weighted by Gasteiger charge is 2.09. The SMILES string of the molecule is CC.Nc1ccc(-c2ccc(OC(=O)CCCCC(=O)Oc3ccc(-c4ccc(N)cc4)cc3)cc2)cc1. The van der Waals surface area contributed by atoms with Crippen LogP contribution in [0.3, 0.4) is 0 Å². The summed E-state index contributed by atoms with van der Waals surface area (Å²) in [5.41, 5.74) is 17.0. The highest BCUT2D eigenvalue weighted by atomic mass is 16.5. The summed E-state index contributed by atoms with van der Waals surface area (Å²) in [4.78, 5) is 24.3. The van der Waals surface area contributed by atoms with Gasteiger partial charge in [-0.15, -0.1) is 0 Å². The van der Waals surface area contributed by atoms with Gasteiger partial charge in [0.2, 0.25) is 0 Å². The summed E-state index contributed by atoms with van der Waals surface area (Å²) in [6.45, 7) is 4.00. The van der Waals surface area contributed by atoms with E-state index < -0.39 is 0 Å². The van der Waals surface area contributed by atoms with Crippen molar-refractivity contribution in [3.63, 3.8) is 0 Å². The van der Waals surface area contributed by atoms with Gasteiger partial charge in [-0.2, -0.15) is 0 Å². The van der Waals surface area contributed by atoms with Crippen molar-refractivity contribution in [2.24, 2.45) is 0 Å². The van der Waals surface area contributed by atoms with Crippen molar-refractivity contribution in [3.8, 4) is 33.8 Å². The van der Waals surface area contributed by atoms with E-state index in [0.29, 0.717) is 35.7 Å². The molecule has 0 aromatic heterocycles. The van der Waals surface area contributed by atoms with E-state index in [0.717, 1.165) is 22.3 Å². The van der Waals surface area contributed by atoms with Crippen molar-refractivity contribution < 1.29 is 19.1 Å². The monoisotopic (exact) mass is 510 g/mol. The third-order valence-corrected chi connectivity index (χ3v) is 5.67. The van der Waals surface area contributed by atoms with Gasteiger partial charge in [-0.25, -0.2) is 0 Å². The Balaban J connectivity index is 0.00000195. The molecule has 4 aromatic carbocycles. The summed E-state index contributed by atoms with van der Waals surface area (Å²) >= 11 is 0. The normalized spacial score (nSPS) is 10.2. The van der Waals surface area contributed by atoms with Gasteiger partial charge in [0.1, 0.15) is 11.5 Å². The molecule has 0 atom stereocenters. The maximum absolute atomic E-state index is 12.1. The first-order chi connectivity index (χ1) is 18.5. The number of benzene rings is 4. The predicted molar refractivity (Wildman–Crippen MR) is 154 cm³/mol. The molecular formula is C32H34N2O4. The van der Waals surface area contributed by atoms with Gasteiger partial charge >= 0.3 is 11.9 Å². The molecule has 0 heterocycles. The molecule has 0 saturated heterocycles. The number of hydrogen-bond acceptors (Lipinski definition) is 6. The van der Waals surface area contributed by atoms with Gasteiger partial charge in [-0.05, 0) is 83.6 Å². The summed E-state index contributed by atoms with van der Waals surface area (Å²) in [6.07, 6.45) is 1.52. The van der Waals surface area contributed by atoms with E-state index in [9.17, 15) is 9.59 Å². The number of carbonyl (C=O) groups excluding carboxylic acids is 2. The Morgan fingerprint density at radius 1 is 0.500 bits per heavy atom. The zero-order valence-corrected chi connectivity index (χ0v) is 21.9. The minimum atomic E-state index is -0.332. The molecule has 4 rings (SSSR count). The second-order valence-corrected chi connectivity index (χ2v) is 8.45. The van der Waals surface area contributed by atoms with Crippen LogP contribution < -0.4 is 20.9 Å². The Morgan fingerprint density at radius 3 is 1.05 bits per heavy atom. The van der Waals surface area contributed by atoms with E-state index in [2.05, 4.69) is 0 Å². The van der Waals surface area contributed by atoms with Crippen molar-refractivity contribution in [1.82, 2.24) is 0 Å². The second-order valence-electron chi connectivity index (χ2n) is 8.45. The fourth-order valence-electron chi connectivity index (χ4n) is 3.69. The van der Waals surface area contributed by atoms with Crippen LogP contribution >= 0.6 is 0 Å². The largest absolute Gasteiger partial charge is 0.427 e. The molecule has 4 aromatic rings. The molecule has 0 aliphatic heterocycles. The van der Waals surface area contributed by atoms with Crippen LogP contribution in [-0.4, -0.2) is 11.9 Å². The third kappa shape index (κ3) is 8.52. The summed E-state index contributed by atoms with van der Waals surface area (Å²) in [6, 6.07) is 29.8. The molecule has 0 radical (unpaired) electrons. The molecule has 4 N–H and O–H groups in total. The Hall–Kier alpha value is -4.58. The lowest BCUT2D eigenvalue weighted by atomic mass is 10.1. The first-order valence-electron chi connectivity index (χ1n) is 12.8. The minimum Gasteiger partial charge on any atom is -0.427 e. The third-order valence-electron chi connectivity index (χ3n) is 5.67. The van der Waals surface area contributed by atoms with Gasteiger partial charge in [0.25, 0.3) is 0 Å². The Kier molecular flexibility index (Phi) is 10.5. The zero-order valence-electron chi connectivity index (χ0n) is 21.9. The van der Waals surface area contributed by atoms with Crippen molar-refractivity contribution >= 4 is 23.3 Å². The van der Waals surface area contributed by atoms with Gasteiger partial charge < -0.3 is 20.9 Å². The van der Waals surface area contributed by atoms with Crippen molar-refractivity contribution in [1.29, 1.82) is 0 Å². The van der Waals surface area contributed by atoms with Crippen molar-refractivity contribution in [2.45, 2.75) is 39.5 Å². The van der Waals surface area contributed by atoms with Gasteiger partial charge in [-0.1, -0.05) is 62.4 Å². The lowest BCUT2D eigenvalue weighted by Crippen LogP contribution is -2.10. The average molecular weight is 511 g/mol. The maximum atomic E-state index is 12.1. The van der Waals surface area contributed by atoms with Crippen LogP contribution in [0.15, 0.2) is 97.1 Å². The van der Waals surface area contributed by atoms with Gasteiger partial charge in [0, 0.05) is 24.2 Å². The maximum Gasteiger partial charge on any atom is 0.311 e. The summed E-state index contributed by atoms with van der Waals surface area (Å²) in [5.74, 6) is 0.311. The van der Waals surface area contributed by atoms with E-state index in [4.69, 9.17) is 20.9 Å². The Morgan fingerprint density at radius 2 is 0.763 bits per heavy atom. The molecule has 38 heavy (non-hydrogen) atoms. The van der Waals surface area contributed by atoms with Crippen molar-refractivity contribution in [2.75, 3.05) is 11.5 Å². The first-order valence-corrected chi connectivity index (χ1v) is 12.8. The van der Waals surface area contributed by atoms with Crippen LogP contribution in [-0.2, 0) is 9.59 Å². The topological polar surface area (TPSA) is 105 Å². The summed E-state index contributed by atoms with van der Waals surface area (Å²) in [5, 5.41) is 0. The van der Waals surface area contributed by atoms with E-state index in [1.807, 2.05) is 86.6 Å². The fourth-order valence-corrected chi connectivity index (χ4v) is 3.69. The molecule has 0 amide bonds. The quantitative estimate of drug-likeness (QED) is 0.106. The molecule has 196 valence electrons. The number of nitrogens with two attached hydrogens (primary N) is 2. The van der Waals surface area contributed by atoms with E-state index in [-0.39, 0.29) is 24.8 Å². The summed E-state index contributed by atoms with van der Waals surface area (Å²) < 4.78 is 10.8. The van der Waals surface area contributed by atoms with E-state index in [1.165, 1.54) is 0 Å². The number of esters is 2. The summed E-state index contributed by atoms with van der Waals surface area (Å²) in [7, 11) is 0. The Bertz CT molecular complexity index is 1190. The molecule has 0 fully saturated rings. The van der Waals surface area contributed by atoms with Crippen LogP contribution in [0.1, 0.15) is 39.5 Å². The van der Waals surface area contributed by atoms with Gasteiger partial charge in [0.05, 0.1) is 0 Å². The number of anilines is 2. The smallest absolute Gasteiger partial charge is 0.311 e. The van der Waals surface area contributed by atoms with Gasteiger partial charge in [-0.3, -0.25) is 9.59 Å². The number of hydrogen-bond donors (Lipinski definition) is 2. The lowest BCUT2D eigenvalue weighted by Gasteiger charge is -2.07. The molecule has 0 aliphatic rings. The second kappa shape index (κ2) is 14.2. The molecule has 0 saturated carbocycles. The van der Waals surface area contributed by atoms with Crippen LogP contribution in [0.25, 0.3) is 22.3 Å². The molecule has 0 unspecified atom stereocenters. The predicted octanol–water partition coefficient (Wildman–Crippen LogP) is 7.28. The molecular weight excluding hydrogens is 476 g/mol. The minimum absolute atomic E-state index is 0.225. The number of nitrogen functional groups attached to an aromatic ring is 2. The number of carbonyl (C=O) groups is 2. The number of ether oxygens (including phenoxy) is 2. The van der Waals surface area contributed by atoms with Crippen LogP contribution in [0.2, 0.25) is 0 Å². The van der Waals surface area contributed by atoms with E-state index >= 15 is 0 Å². The number of rotatable bonds is 9. The molecule has 0 aliphatic carbocycles. The first kappa shape index (κ1) is 28.0. The van der Waals surface area contributed by atoms with Gasteiger partial charge in [0.15, 0.2) is 0 Å². The molecule has 0 spiro atoms. The lowest BCUT2D eigenvalue weighted by molar-refractivity contribution is -0.136. The highest BCUT2D eigenvalue weighted by molar-refractivity contribution is 5.74. The van der Waals surface area contributed by atoms with Crippen LogP contribution in [0.4, 0.5) is 11.4 Å². The standard InChI is InChI=1S/C30H28N2O4.C2H6/c31-25-13-5-21(6-14-25)23-9-17-27(18-10-23)35-29(33)3-1-2-4-30(34)36-28-19-11-24(12-20-28)22-7-15-26(32)16-8-22;1-2/h5-20H,1-4,31-32H2;1-2H3. The van der Waals surface area contributed by atoms with Crippen molar-refractivity contribution in [3.05, 3.63) is 97.1 Å². The Labute approximate surface area is 224 Å². The van der Waals surface area contributed by atoms with Crippen LogP contribution in [0, 0.1) is 0 Å². The highest BCUT2D eigenvalue weighted by Crippen LogP contribution is 2.25. The molecule has 6 heteroatoms. The molecule has 6 nitrogen and oxygen atoms in total. The molecule has 0 bridgehead atoms. The number of unbranched alkanes of at least 4 members (excludes halogenated alkanes) is 1.